The minimum atomic E-state index is 0.149. The summed E-state index contributed by atoms with van der Waals surface area (Å²) in [6.07, 6.45) is 26.2. The second-order valence-electron chi connectivity index (χ2n) is 17.3. The van der Waals surface area contributed by atoms with Crippen molar-refractivity contribution in [1.82, 2.24) is 15.0 Å². The Balaban J connectivity index is 0.982. The zero-order valence-electron chi connectivity index (χ0n) is 35.7. The highest BCUT2D eigenvalue weighted by molar-refractivity contribution is 6.09. The molecule has 0 fully saturated rings. The number of fused-ring (bicyclic) bond motifs is 6. The Morgan fingerprint density at radius 1 is 0.823 bits per heavy atom. The molecule has 1 N–H and O–H groups in total. The fraction of sp³-hybridized carbons (Fsp3) is 0.193. The van der Waals surface area contributed by atoms with E-state index in [1.54, 1.807) is 7.11 Å². The molecule has 5 aromatic carbocycles. The highest BCUT2D eigenvalue weighted by Crippen LogP contribution is 2.45. The summed E-state index contributed by atoms with van der Waals surface area (Å²) in [5, 5.41) is 5.94. The van der Waals surface area contributed by atoms with Crippen LogP contribution in [0.4, 0.5) is 0 Å². The Kier molecular flexibility index (Phi) is 9.78. The topological polar surface area (TPSA) is 42.6 Å². The number of rotatable bonds is 9. The number of aromatic nitrogens is 1. The second kappa shape index (κ2) is 15.9. The highest BCUT2D eigenvalue weighted by atomic mass is 16.5. The third-order valence-corrected chi connectivity index (χ3v) is 13.1. The van der Waals surface area contributed by atoms with Gasteiger partial charge in [-0.25, -0.2) is 5.01 Å². The Morgan fingerprint density at radius 2 is 1.66 bits per heavy atom. The molecule has 2 aromatic heterocycles. The van der Waals surface area contributed by atoms with Gasteiger partial charge < -0.3 is 19.1 Å². The summed E-state index contributed by atoms with van der Waals surface area (Å²) < 4.78 is 14.9. The standard InChI is InChI=1S/C57H51N3O2/c1-37(2)31-42-19-14-23-48-50-32-41(45-20-10-11-21-46(45)52-35-54(40-17-8-5-9-18-40)59(58-52)36-38-15-6-4-7-16-38)27-30-53(50)60(56(42)48)43-28-25-39(26-29-43)49-33-44(61-3)34-51-47-22-12-13-24-55(47)62-57(49)51/h4-8,10-13,15-17,19-22,24-28,30-35,43,54,58H,9,14,18,23,29,36H2,1-3H3. The number of aryl methyl sites for hydroxylation is 1. The van der Waals surface area contributed by atoms with E-state index in [1.165, 1.54) is 61.1 Å². The Bertz CT molecular complexity index is 3120. The summed E-state index contributed by atoms with van der Waals surface area (Å²) in [7, 11) is 1.74. The van der Waals surface area contributed by atoms with Crippen LogP contribution >= 0.6 is 0 Å². The second-order valence-corrected chi connectivity index (χ2v) is 17.3. The van der Waals surface area contributed by atoms with Crippen molar-refractivity contribution in [3.8, 4) is 16.9 Å². The lowest BCUT2D eigenvalue weighted by Crippen LogP contribution is -2.39. The number of hydrogen-bond acceptors (Lipinski definition) is 4. The van der Waals surface area contributed by atoms with Crippen molar-refractivity contribution in [2.75, 3.05) is 7.11 Å². The van der Waals surface area contributed by atoms with Gasteiger partial charge in [-0.05, 0) is 121 Å². The summed E-state index contributed by atoms with van der Waals surface area (Å²) >= 11 is 0. The molecule has 3 aliphatic carbocycles. The largest absolute Gasteiger partial charge is 0.497 e. The van der Waals surface area contributed by atoms with E-state index in [-0.39, 0.29) is 12.1 Å². The van der Waals surface area contributed by atoms with Crippen LogP contribution in [0.5, 0.6) is 5.75 Å². The average molecular weight is 810 g/mol. The van der Waals surface area contributed by atoms with E-state index in [2.05, 4.69) is 181 Å². The quantitative estimate of drug-likeness (QED) is 0.158. The number of hydrazine groups is 1. The molecule has 62 heavy (non-hydrogen) atoms. The highest BCUT2D eigenvalue weighted by Gasteiger charge is 2.31. The molecule has 11 rings (SSSR count). The summed E-state index contributed by atoms with van der Waals surface area (Å²) in [5.74, 6) is 0.832. The Labute approximate surface area is 364 Å². The van der Waals surface area contributed by atoms with Gasteiger partial charge in [0, 0.05) is 39.3 Å². The molecule has 2 unspecified atom stereocenters. The third kappa shape index (κ3) is 6.78. The number of allylic oxidation sites excluding steroid dienone is 11. The first-order valence-electron chi connectivity index (χ1n) is 22.2. The first-order chi connectivity index (χ1) is 30.5. The number of benzene rings is 5. The third-order valence-electron chi connectivity index (χ3n) is 13.1. The molecule has 0 amide bonds. The van der Waals surface area contributed by atoms with E-state index in [9.17, 15) is 0 Å². The van der Waals surface area contributed by atoms with Gasteiger partial charge in [-0.3, -0.25) is 0 Å². The number of nitrogens with zero attached hydrogens (tertiary/aromatic N) is 2. The van der Waals surface area contributed by atoms with Crippen molar-refractivity contribution >= 4 is 49.7 Å². The molecule has 1 aliphatic heterocycles. The van der Waals surface area contributed by atoms with Crippen LogP contribution in [0.2, 0.25) is 0 Å². The maximum Gasteiger partial charge on any atom is 0.143 e. The SMILES string of the molecule is COc1cc(C2=CCC(n3c4c(c5cc(-c6ccccc6C6=CC(C7=CC=CCC7)N(Cc7ccccc7)N6)ccc53)CCC=C4C=C(C)C)C=C2)c2oc3ccccc3c2c1. The molecule has 3 heterocycles. The minimum absolute atomic E-state index is 0.149. The van der Waals surface area contributed by atoms with Crippen LogP contribution in [-0.4, -0.2) is 22.7 Å². The predicted octanol–water partition coefficient (Wildman–Crippen LogP) is 14.1. The molecular formula is C57H51N3O2. The predicted molar refractivity (Wildman–Crippen MR) is 257 cm³/mol. The summed E-state index contributed by atoms with van der Waals surface area (Å²) in [6, 6.07) is 39.7. The number of nitrogens with one attached hydrogen (secondary N) is 1. The van der Waals surface area contributed by atoms with Gasteiger partial charge in [0.1, 0.15) is 16.9 Å². The average Bonchev–Trinajstić information content (AvgIpc) is 4.01. The maximum atomic E-state index is 6.51. The van der Waals surface area contributed by atoms with Crippen LogP contribution in [0, 0.1) is 0 Å². The van der Waals surface area contributed by atoms with Gasteiger partial charge in [-0.1, -0.05) is 133 Å². The molecule has 4 aliphatic rings. The van der Waals surface area contributed by atoms with Crippen molar-refractivity contribution in [2.45, 2.75) is 64.6 Å². The van der Waals surface area contributed by atoms with Crippen LogP contribution in [-0.2, 0) is 13.0 Å². The van der Waals surface area contributed by atoms with Crippen LogP contribution in [0.25, 0.3) is 60.8 Å². The molecule has 306 valence electrons. The van der Waals surface area contributed by atoms with Crippen LogP contribution in [0.1, 0.15) is 73.5 Å². The molecule has 0 radical (unpaired) electrons. The van der Waals surface area contributed by atoms with Crippen LogP contribution < -0.4 is 10.2 Å². The van der Waals surface area contributed by atoms with Gasteiger partial charge in [-0.15, -0.1) is 0 Å². The van der Waals surface area contributed by atoms with E-state index >= 15 is 0 Å². The summed E-state index contributed by atoms with van der Waals surface area (Å²) in [5.41, 5.74) is 22.2. The molecule has 0 bridgehead atoms. The summed E-state index contributed by atoms with van der Waals surface area (Å²) in [6.45, 7) is 5.23. The van der Waals surface area contributed by atoms with Gasteiger partial charge in [0.2, 0.25) is 0 Å². The first kappa shape index (κ1) is 38.1. The number of methoxy groups -OCH3 is 1. The Hall–Kier alpha value is -6.82. The molecule has 7 aromatic rings. The lowest BCUT2D eigenvalue weighted by Gasteiger charge is -2.28. The fourth-order valence-electron chi connectivity index (χ4n) is 10.2. The number of ether oxygens (including phenoxy) is 1. The van der Waals surface area contributed by atoms with Gasteiger partial charge >= 0.3 is 0 Å². The van der Waals surface area contributed by atoms with Crippen molar-refractivity contribution in [2.24, 2.45) is 0 Å². The molecule has 0 spiro atoms. The number of hydrogen-bond donors (Lipinski definition) is 1. The van der Waals surface area contributed by atoms with Gasteiger partial charge in [0.25, 0.3) is 0 Å². The van der Waals surface area contributed by atoms with Gasteiger partial charge in [0.05, 0.1) is 30.6 Å². The monoisotopic (exact) mass is 809 g/mol. The van der Waals surface area contributed by atoms with Crippen LogP contribution in [0.15, 0.2) is 179 Å². The molecule has 2 atom stereocenters. The lowest BCUT2D eigenvalue weighted by atomic mass is 9.91. The zero-order chi connectivity index (χ0) is 41.7. The van der Waals surface area contributed by atoms with Crippen molar-refractivity contribution in [3.63, 3.8) is 0 Å². The van der Waals surface area contributed by atoms with Gasteiger partial charge in [-0.2, -0.15) is 0 Å². The van der Waals surface area contributed by atoms with Crippen molar-refractivity contribution in [3.05, 3.63) is 203 Å². The summed E-state index contributed by atoms with van der Waals surface area (Å²) in [4.78, 5) is 0. The normalized spacial score (nSPS) is 18.6. The van der Waals surface area contributed by atoms with Gasteiger partial charge in [0.15, 0.2) is 0 Å². The smallest absolute Gasteiger partial charge is 0.143 e. The van der Waals surface area contributed by atoms with E-state index < -0.39 is 0 Å². The van der Waals surface area contributed by atoms with E-state index in [1.807, 2.05) is 12.1 Å². The van der Waals surface area contributed by atoms with Crippen molar-refractivity contribution in [1.29, 1.82) is 0 Å². The molecule has 5 nitrogen and oxygen atoms in total. The van der Waals surface area contributed by atoms with Crippen LogP contribution in [0.3, 0.4) is 0 Å². The molecule has 0 saturated heterocycles. The van der Waals surface area contributed by atoms with Crippen molar-refractivity contribution < 1.29 is 9.15 Å². The Morgan fingerprint density at radius 3 is 2.47 bits per heavy atom. The number of para-hydroxylation sites is 1. The number of furan rings is 1. The molecule has 0 saturated carbocycles. The van der Waals surface area contributed by atoms with E-state index in [0.29, 0.717) is 0 Å². The molecular weight excluding hydrogens is 759 g/mol. The van der Waals surface area contributed by atoms with E-state index in [4.69, 9.17) is 9.15 Å². The maximum absolute atomic E-state index is 6.51. The first-order valence-corrected chi connectivity index (χ1v) is 22.2. The van der Waals surface area contributed by atoms with E-state index in [0.717, 1.165) is 83.2 Å². The minimum Gasteiger partial charge on any atom is -0.497 e. The lowest BCUT2D eigenvalue weighted by molar-refractivity contribution is 0.213. The zero-order valence-corrected chi connectivity index (χ0v) is 35.7. The molecule has 5 heteroatoms. The fourth-order valence-corrected chi connectivity index (χ4v) is 10.2.